The molecule has 0 aliphatic rings. The van der Waals surface area contributed by atoms with Gasteiger partial charge in [-0.3, -0.25) is 9.59 Å². The number of benzene rings is 1. The average molecular weight is 300 g/mol. The molecule has 0 aliphatic heterocycles. The second kappa shape index (κ2) is 8.43. The van der Waals surface area contributed by atoms with Gasteiger partial charge in [0.2, 0.25) is 0 Å². The number of carbonyl (C=O) groups is 2. The highest BCUT2D eigenvalue weighted by molar-refractivity contribution is 6.32. The Morgan fingerprint density at radius 1 is 1.40 bits per heavy atom. The molecule has 1 rings (SSSR count). The first-order chi connectivity index (χ1) is 9.49. The molecule has 0 saturated heterocycles. The summed E-state index contributed by atoms with van der Waals surface area (Å²) >= 11 is 5.89. The normalized spacial score (nSPS) is 11.7. The maximum absolute atomic E-state index is 11.6. The lowest BCUT2D eigenvalue weighted by atomic mass is 10.1. The lowest BCUT2D eigenvalue weighted by molar-refractivity contribution is -0.137. The summed E-state index contributed by atoms with van der Waals surface area (Å²) in [6.45, 7) is 2.20. The molecule has 0 saturated carbocycles. The van der Waals surface area contributed by atoms with Gasteiger partial charge in [0.1, 0.15) is 5.75 Å². The summed E-state index contributed by atoms with van der Waals surface area (Å²) in [4.78, 5) is 22.0. The van der Waals surface area contributed by atoms with Crippen LogP contribution in [0.3, 0.4) is 0 Å². The van der Waals surface area contributed by atoms with E-state index < -0.39 is 5.97 Å². The van der Waals surface area contributed by atoms with E-state index >= 15 is 0 Å². The zero-order chi connectivity index (χ0) is 15.0. The topological polar surface area (TPSA) is 75.6 Å². The van der Waals surface area contributed by atoms with E-state index in [9.17, 15) is 9.59 Å². The van der Waals surface area contributed by atoms with E-state index in [1.807, 2.05) is 6.92 Å². The summed E-state index contributed by atoms with van der Waals surface area (Å²) in [6, 6.07) is 6.92. The summed E-state index contributed by atoms with van der Waals surface area (Å²) in [5.41, 5.74) is 0. The molecule has 1 unspecified atom stereocenters. The number of ether oxygens (including phenoxy) is 1. The molecule has 1 aromatic carbocycles. The molecule has 1 atom stereocenters. The van der Waals surface area contributed by atoms with Gasteiger partial charge in [0.05, 0.1) is 5.02 Å². The molecule has 0 aliphatic carbocycles. The molecular formula is C14H18ClNO4. The van der Waals surface area contributed by atoms with Crippen LogP contribution in [0.1, 0.15) is 19.8 Å². The zero-order valence-corrected chi connectivity index (χ0v) is 12.0. The number of rotatable bonds is 8. The van der Waals surface area contributed by atoms with Crippen LogP contribution in [0.4, 0.5) is 0 Å². The van der Waals surface area contributed by atoms with Crippen molar-refractivity contribution in [1.29, 1.82) is 0 Å². The number of aliphatic carboxylic acids is 1. The van der Waals surface area contributed by atoms with Gasteiger partial charge in [0.15, 0.2) is 6.61 Å². The van der Waals surface area contributed by atoms with Crippen molar-refractivity contribution in [1.82, 2.24) is 5.32 Å². The molecule has 2 N–H and O–H groups in total. The van der Waals surface area contributed by atoms with E-state index in [1.54, 1.807) is 24.3 Å². The van der Waals surface area contributed by atoms with Gasteiger partial charge in [-0.05, 0) is 24.5 Å². The maximum Gasteiger partial charge on any atom is 0.303 e. The third kappa shape index (κ3) is 6.43. The fourth-order valence-corrected chi connectivity index (χ4v) is 1.71. The Hall–Kier alpha value is -1.75. The van der Waals surface area contributed by atoms with Gasteiger partial charge in [-0.2, -0.15) is 0 Å². The Balaban J connectivity index is 2.24. The van der Waals surface area contributed by atoms with Crippen molar-refractivity contribution in [2.75, 3.05) is 13.2 Å². The number of nitrogens with one attached hydrogen (secondary N) is 1. The fraction of sp³-hybridized carbons (Fsp3) is 0.429. The van der Waals surface area contributed by atoms with Gasteiger partial charge >= 0.3 is 5.97 Å². The van der Waals surface area contributed by atoms with Crippen LogP contribution in [0.5, 0.6) is 5.75 Å². The fourth-order valence-electron chi connectivity index (χ4n) is 1.52. The van der Waals surface area contributed by atoms with Crippen molar-refractivity contribution in [3.63, 3.8) is 0 Å². The molecule has 20 heavy (non-hydrogen) atoms. The smallest absolute Gasteiger partial charge is 0.303 e. The number of amides is 1. The molecule has 110 valence electrons. The number of para-hydroxylation sites is 1. The molecule has 0 radical (unpaired) electrons. The second-order valence-corrected chi connectivity index (χ2v) is 4.97. The van der Waals surface area contributed by atoms with E-state index in [0.717, 1.165) is 0 Å². The first-order valence-electron chi connectivity index (χ1n) is 6.35. The van der Waals surface area contributed by atoms with Crippen molar-refractivity contribution in [2.24, 2.45) is 5.92 Å². The van der Waals surface area contributed by atoms with Gasteiger partial charge < -0.3 is 15.2 Å². The van der Waals surface area contributed by atoms with Crippen LogP contribution in [-0.2, 0) is 9.59 Å². The molecule has 0 fully saturated rings. The highest BCUT2D eigenvalue weighted by Gasteiger charge is 2.09. The molecule has 6 heteroatoms. The van der Waals surface area contributed by atoms with E-state index in [1.165, 1.54) is 0 Å². The van der Waals surface area contributed by atoms with Crippen LogP contribution in [0.15, 0.2) is 24.3 Å². The minimum absolute atomic E-state index is 0.104. The largest absolute Gasteiger partial charge is 0.482 e. The van der Waals surface area contributed by atoms with E-state index in [4.69, 9.17) is 21.4 Å². The third-order valence-electron chi connectivity index (χ3n) is 2.69. The number of hydrogen-bond acceptors (Lipinski definition) is 3. The minimum Gasteiger partial charge on any atom is -0.482 e. The standard InChI is InChI=1S/C14H18ClNO4/c1-10(6-7-14(18)19)8-16-13(17)9-20-12-5-3-2-4-11(12)15/h2-5,10H,6-9H2,1H3,(H,16,17)(H,18,19). The van der Waals surface area contributed by atoms with Crippen LogP contribution < -0.4 is 10.1 Å². The monoisotopic (exact) mass is 299 g/mol. The summed E-state index contributed by atoms with van der Waals surface area (Å²) in [5, 5.41) is 11.7. The predicted octanol–water partition coefficient (Wildman–Crippen LogP) is 2.34. The molecule has 5 nitrogen and oxygen atoms in total. The predicted molar refractivity (Wildman–Crippen MR) is 76.0 cm³/mol. The summed E-state index contributed by atoms with van der Waals surface area (Å²) in [7, 11) is 0. The van der Waals surface area contributed by atoms with Crippen LogP contribution in [0, 0.1) is 5.92 Å². The Morgan fingerprint density at radius 2 is 2.10 bits per heavy atom. The Kier molecular flexibility index (Phi) is 6.87. The SMILES string of the molecule is CC(CCC(=O)O)CNC(=O)COc1ccccc1Cl. The molecule has 0 heterocycles. The van der Waals surface area contributed by atoms with Gasteiger partial charge in [-0.25, -0.2) is 0 Å². The quantitative estimate of drug-likeness (QED) is 0.772. The first-order valence-corrected chi connectivity index (χ1v) is 6.72. The molecule has 0 aromatic heterocycles. The lowest BCUT2D eigenvalue weighted by Crippen LogP contribution is -2.32. The highest BCUT2D eigenvalue weighted by atomic mass is 35.5. The van der Waals surface area contributed by atoms with Gasteiger partial charge in [0.25, 0.3) is 5.91 Å². The number of halogens is 1. The van der Waals surface area contributed by atoms with Gasteiger partial charge in [-0.15, -0.1) is 0 Å². The Bertz CT molecular complexity index is 464. The van der Waals surface area contributed by atoms with Crippen molar-refractivity contribution in [3.8, 4) is 5.75 Å². The van der Waals surface area contributed by atoms with Crippen molar-refractivity contribution >= 4 is 23.5 Å². The van der Waals surface area contributed by atoms with Crippen LogP contribution >= 0.6 is 11.6 Å². The van der Waals surface area contributed by atoms with Crippen LogP contribution in [0.25, 0.3) is 0 Å². The van der Waals surface area contributed by atoms with E-state index in [0.29, 0.717) is 23.7 Å². The average Bonchev–Trinajstić information content (AvgIpc) is 2.42. The van der Waals surface area contributed by atoms with Crippen molar-refractivity contribution in [3.05, 3.63) is 29.3 Å². The first kappa shape index (κ1) is 16.3. The summed E-state index contributed by atoms with van der Waals surface area (Å²) in [5.74, 6) is -0.518. The summed E-state index contributed by atoms with van der Waals surface area (Å²) in [6.07, 6.45) is 0.633. The van der Waals surface area contributed by atoms with E-state index in [-0.39, 0.29) is 24.9 Å². The Labute approximate surface area is 122 Å². The van der Waals surface area contributed by atoms with Crippen LogP contribution in [0.2, 0.25) is 5.02 Å². The molecule has 0 spiro atoms. The van der Waals surface area contributed by atoms with Crippen molar-refractivity contribution in [2.45, 2.75) is 19.8 Å². The molecule has 1 amide bonds. The number of carboxylic acids is 1. The molecular weight excluding hydrogens is 282 g/mol. The number of hydrogen-bond donors (Lipinski definition) is 2. The zero-order valence-electron chi connectivity index (χ0n) is 11.3. The maximum atomic E-state index is 11.6. The molecule has 1 aromatic rings. The third-order valence-corrected chi connectivity index (χ3v) is 3.01. The van der Waals surface area contributed by atoms with Gasteiger partial charge in [-0.1, -0.05) is 30.7 Å². The molecule has 0 bridgehead atoms. The number of carboxylic acid groups (broad SMARTS) is 1. The van der Waals surface area contributed by atoms with Crippen molar-refractivity contribution < 1.29 is 19.4 Å². The summed E-state index contributed by atoms with van der Waals surface area (Å²) < 4.78 is 5.29. The Morgan fingerprint density at radius 3 is 2.75 bits per heavy atom. The number of carbonyl (C=O) groups excluding carboxylic acids is 1. The second-order valence-electron chi connectivity index (χ2n) is 4.56. The van der Waals surface area contributed by atoms with Gasteiger partial charge in [0, 0.05) is 13.0 Å². The van der Waals surface area contributed by atoms with Crippen LogP contribution in [-0.4, -0.2) is 30.1 Å². The van der Waals surface area contributed by atoms with E-state index in [2.05, 4.69) is 5.32 Å². The minimum atomic E-state index is -0.828. The highest BCUT2D eigenvalue weighted by Crippen LogP contribution is 2.22. The lowest BCUT2D eigenvalue weighted by Gasteiger charge is -2.12.